The molecular formula is C21H30N4O8. The van der Waals surface area contributed by atoms with Crippen molar-refractivity contribution in [3.8, 4) is 0 Å². The summed E-state index contributed by atoms with van der Waals surface area (Å²) in [5.41, 5.74) is 6.68. The van der Waals surface area contributed by atoms with E-state index in [-0.39, 0.29) is 6.42 Å². The van der Waals surface area contributed by atoms with Crippen LogP contribution in [0.15, 0.2) is 30.3 Å². The van der Waals surface area contributed by atoms with E-state index >= 15 is 0 Å². The Hall–Kier alpha value is -3.51. The van der Waals surface area contributed by atoms with E-state index in [4.69, 9.17) is 15.9 Å². The maximum atomic E-state index is 12.6. The molecule has 182 valence electrons. The molecule has 4 unspecified atom stereocenters. The van der Waals surface area contributed by atoms with Crippen LogP contribution < -0.4 is 21.7 Å². The predicted octanol–water partition coefficient (Wildman–Crippen LogP) is -1.78. The lowest BCUT2D eigenvalue weighted by atomic mass is 10.0. The van der Waals surface area contributed by atoms with Crippen LogP contribution in [0.25, 0.3) is 0 Å². The Labute approximate surface area is 190 Å². The molecule has 0 fully saturated rings. The SMILES string of the molecule is CC(C)C(NC(=O)C(CO)NC(=O)C(N)Cc1ccccc1)C(=O)NC(CC(=O)O)C(=O)O. The molecule has 1 aromatic carbocycles. The number of benzene rings is 1. The maximum absolute atomic E-state index is 12.6. The second-order valence-electron chi connectivity index (χ2n) is 7.77. The van der Waals surface area contributed by atoms with Gasteiger partial charge in [-0.25, -0.2) is 4.79 Å². The summed E-state index contributed by atoms with van der Waals surface area (Å²) in [5, 5.41) is 34.2. The number of carbonyl (C=O) groups excluding carboxylic acids is 3. The Kier molecular flexibility index (Phi) is 11.0. The predicted molar refractivity (Wildman–Crippen MR) is 116 cm³/mol. The van der Waals surface area contributed by atoms with Gasteiger partial charge in [-0.3, -0.25) is 19.2 Å². The fourth-order valence-corrected chi connectivity index (χ4v) is 2.86. The first-order chi connectivity index (χ1) is 15.5. The molecule has 1 aromatic rings. The molecule has 0 aliphatic rings. The van der Waals surface area contributed by atoms with E-state index in [2.05, 4.69) is 16.0 Å². The maximum Gasteiger partial charge on any atom is 0.326 e. The van der Waals surface area contributed by atoms with Gasteiger partial charge in [0.15, 0.2) is 0 Å². The van der Waals surface area contributed by atoms with Crippen molar-refractivity contribution in [2.75, 3.05) is 6.61 Å². The first kappa shape index (κ1) is 27.5. The highest BCUT2D eigenvalue weighted by atomic mass is 16.4. The van der Waals surface area contributed by atoms with Gasteiger partial charge in [-0.05, 0) is 17.9 Å². The largest absolute Gasteiger partial charge is 0.481 e. The fraction of sp³-hybridized carbons (Fsp3) is 0.476. The highest BCUT2D eigenvalue weighted by Gasteiger charge is 2.32. The van der Waals surface area contributed by atoms with Crippen molar-refractivity contribution in [2.24, 2.45) is 11.7 Å². The normalized spacial score (nSPS) is 14.5. The first-order valence-electron chi connectivity index (χ1n) is 10.2. The molecule has 12 heteroatoms. The number of amides is 3. The Balaban J connectivity index is 2.80. The Bertz CT molecular complexity index is 846. The number of aliphatic hydroxyl groups excluding tert-OH is 1. The number of nitrogens with one attached hydrogen (secondary N) is 3. The third kappa shape index (κ3) is 9.25. The molecule has 0 aliphatic heterocycles. The van der Waals surface area contributed by atoms with E-state index in [1.54, 1.807) is 38.1 Å². The molecule has 0 saturated heterocycles. The molecule has 0 radical (unpaired) electrons. The van der Waals surface area contributed by atoms with Crippen LogP contribution in [0.2, 0.25) is 0 Å². The van der Waals surface area contributed by atoms with Crippen molar-refractivity contribution in [2.45, 2.75) is 50.9 Å². The molecule has 33 heavy (non-hydrogen) atoms. The number of hydrogen-bond acceptors (Lipinski definition) is 7. The molecule has 1 rings (SSSR count). The van der Waals surface area contributed by atoms with Gasteiger partial charge in [0.25, 0.3) is 0 Å². The summed E-state index contributed by atoms with van der Waals surface area (Å²) in [4.78, 5) is 59.5. The number of nitrogens with two attached hydrogens (primary N) is 1. The number of aliphatic hydroxyl groups is 1. The van der Waals surface area contributed by atoms with Gasteiger partial charge in [0.1, 0.15) is 18.1 Å². The second-order valence-corrected chi connectivity index (χ2v) is 7.77. The summed E-state index contributed by atoms with van der Waals surface area (Å²) in [6, 6.07) is 3.58. The van der Waals surface area contributed by atoms with Gasteiger partial charge in [0.05, 0.1) is 19.1 Å². The quantitative estimate of drug-likeness (QED) is 0.175. The number of hydrogen-bond donors (Lipinski definition) is 7. The van der Waals surface area contributed by atoms with E-state index < -0.39 is 72.8 Å². The van der Waals surface area contributed by atoms with E-state index in [0.717, 1.165) is 5.56 Å². The first-order valence-corrected chi connectivity index (χ1v) is 10.2. The van der Waals surface area contributed by atoms with Crippen LogP contribution >= 0.6 is 0 Å². The molecule has 0 aromatic heterocycles. The fourth-order valence-electron chi connectivity index (χ4n) is 2.86. The molecule has 0 aliphatic carbocycles. The van der Waals surface area contributed by atoms with Crippen molar-refractivity contribution in [3.05, 3.63) is 35.9 Å². The van der Waals surface area contributed by atoms with Crippen LogP contribution in [0.4, 0.5) is 0 Å². The van der Waals surface area contributed by atoms with Crippen LogP contribution in [0.1, 0.15) is 25.8 Å². The molecular weight excluding hydrogens is 436 g/mol. The van der Waals surface area contributed by atoms with Crippen molar-refractivity contribution in [1.29, 1.82) is 0 Å². The number of carbonyl (C=O) groups is 5. The average Bonchev–Trinajstić information content (AvgIpc) is 2.74. The molecule has 0 saturated carbocycles. The summed E-state index contributed by atoms with van der Waals surface area (Å²) in [7, 11) is 0. The summed E-state index contributed by atoms with van der Waals surface area (Å²) >= 11 is 0. The lowest BCUT2D eigenvalue weighted by Gasteiger charge is -2.26. The van der Waals surface area contributed by atoms with Crippen LogP contribution in [0.5, 0.6) is 0 Å². The third-order valence-corrected chi connectivity index (χ3v) is 4.69. The van der Waals surface area contributed by atoms with Gasteiger partial charge in [-0.2, -0.15) is 0 Å². The Morgan fingerprint density at radius 3 is 1.94 bits per heavy atom. The van der Waals surface area contributed by atoms with Gasteiger partial charge < -0.3 is 37.0 Å². The van der Waals surface area contributed by atoms with Gasteiger partial charge in [0, 0.05) is 0 Å². The number of rotatable bonds is 13. The minimum absolute atomic E-state index is 0.198. The van der Waals surface area contributed by atoms with Gasteiger partial charge in [0.2, 0.25) is 17.7 Å². The van der Waals surface area contributed by atoms with Crippen LogP contribution in [-0.4, -0.2) is 75.8 Å². The number of aliphatic carboxylic acids is 2. The highest BCUT2D eigenvalue weighted by Crippen LogP contribution is 2.06. The van der Waals surface area contributed by atoms with Crippen molar-refractivity contribution < 1.29 is 39.3 Å². The molecule has 0 bridgehead atoms. The number of carboxylic acid groups (broad SMARTS) is 2. The zero-order valence-corrected chi connectivity index (χ0v) is 18.4. The van der Waals surface area contributed by atoms with Gasteiger partial charge in [-0.15, -0.1) is 0 Å². The summed E-state index contributed by atoms with van der Waals surface area (Å²) < 4.78 is 0. The van der Waals surface area contributed by atoms with Crippen molar-refractivity contribution >= 4 is 29.7 Å². The molecule has 8 N–H and O–H groups in total. The number of carboxylic acids is 2. The van der Waals surface area contributed by atoms with Crippen LogP contribution in [0, 0.1) is 5.92 Å². The Morgan fingerprint density at radius 2 is 1.45 bits per heavy atom. The zero-order valence-electron chi connectivity index (χ0n) is 18.4. The molecule has 4 atom stereocenters. The van der Waals surface area contributed by atoms with Crippen molar-refractivity contribution in [3.63, 3.8) is 0 Å². The van der Waals surface area contributed by atoms with Crippen molar-refractivity contribution in [1.82, 2.24) is 16.0 Å². The minimum Gasteiger partial charge on any atom is -0.481 e. The second kappa shape index (κ2) is 13.1. The van der Waals surface area contributed by atoms with E-state index in [1.165, 1.54) is 0 Å². The van der Waals surface area contributed by atoms with Crippen LogP contribution in [-0.2, 0) is 30.4 Å². The van der Waals surface area contributed by atoms with Gasteiger partial charge >= 0.3 is 11.9 Å². The summed E-state index contributed by atoms with van der Waals surface area (Å²) in [6.45, 7) is 2.36. The molecule has 12 nitrogen and oxygen atoms in total. The smallest absolute Gasteiger partial charge is 0.326 e. The lowest BCUT2D eigenvalue weighted by molar-refractivity contribution is -0.147. The topological polar surface area (TPSA) is 208 Å². The summed E-state index contributed by atoms with van der Waals surface area (Å²) in [5.74, 6) is -6.00. The van der Waals surface area contributed by atoms with E-state index in [9.17, 15) is 29.1 Å². The third-order valence-electron chi connectivity index (χ3n) is 4.69. The van der Waals surface area contributed by atoms with E-state index in [0.29, 0.717) is 0 Å². The average molecular weight is 466 g/mol. The van der Waals surface area contributed by atoms with Crippen LogP contribution in [0.3, 0.4) is 0 Å². The molecule has 0 spiro atoms. The van der Waals surface area contributed by atoms with E-state index in [1.807, 2.05) is 6.07 Å². The monoisotopic (exact) mass is 466 g/mol. The summed E-state index contributed by atoms with van der Waals surface area (Å²) in [6.07, 6.45) is -0.655. The highest BCUT2D eigenvalue weighted by molar-refractivity contribution is 5.94. The Morgan fingerprint density at radius 1 is 0.879 bits per heavy atom. The molecule has 3 amide bonds. The standard InChI is InChI=1S/C21H30N4O8/c1-11(2)17(20(31)23-14(21(32)33)9-16(27)28)25-19(30)15(10-26)24-18(29)13(22)8-12-6-4-3-5-7-12/h3-7,11,13-15,17,26H,8-10,22H2,1-2H3,(H,23,31)(H,24,29)(H,25,30)(H,27,28)(H,32,33). The molecule has 0 heterocycles. The lowest BCUT2D eigenvalue weighted by Crippen LogP contribution is -2.59. The van der Waals surface area contributed by atoms with Gasteiger partial charge in [-0.1, -0.05) is 44.2 Å². The minimum atomic E-state index is -1.70. The zero-order chi connectivity index (χ0) is 25.1.